The second-order valence-electron chi connectivity index (χ2n) is 4.76. The number of rotatable bonds is 0. The molecule has 1 aromatic carbocycles. The minimum absolute atomic E-state index is 0.992. The summed E-state index contributed by atoms with van der Waals surface area (Å²) in [5.41, 5.74) is 4.19. The molecule has 0 atom stereocenters. The molecule has 0 N–H and O–H groups in total. The number of thiophene rings is 1. The summed E-state index contributed by atoms with van der Waals surface area (Å²) >= 11 is 3.79. The third-order valence-corrected chi connectivity index (χ3v) is 6.18. The minimum atomic E-state index is 0.992. The Kier molecular flexibility index (Phi) is 1.80. The lowest BCUT2D eigenvalue weighted by Crippen LogP contribution is -2.30. The molecule has 90 valence electrons. The number of hydrogen-bond donors (Lipinski definition) is 0. The predicted octanol–water partition coefficient (Wildman–Crippen LogP) is 3.83. The van der Waals surface area contributed by atoms with Crippen molar-refractivity contribution in [2.75, 3.05) is 0 Å². The Morgan fingerprint density at radius 3 is 3.05 bits per heavy atom. The maximum absolute atomic E-state index is 4.29. The zero-order valence-corrected chi connectivity index (χ0v) is 11.6. The van der Waals surface area contributed by atoms with Crippen LogP contribution in [0.3, 0.4) is 0 Å². The van der Waals surface area contributed by atoms with Crippen molar-refractivity contribution in [1.82, 2.24) is 4.98 Å². The molecule has 4 aromatic rings. The molecule has 1 aliphatic heterocycles. The Morgan fingerprint density at radius 2 is 2.05 bits per heavy atom. The van der Waals surface area contributed by atoms with Crippen LogP contribution in [-0.2, 0) is 6.54 Å². The number of benzene rings is 1. The van der Waals surface area contributed by atoms with Crippen molar-refractivity contribution < 1.29 is 4.57 Å². The lowest BCUT2D eigenvalue weighted by atomic mass is 10.1. The Labute approximate surface area is 117 Å². The van der Waals surface area contributed by atoms with Crippen molar-refractivity contribution >= 4 is 42.3 Å². The van der Waals surface area contributed by atoms with E-state index in [-0.39, 0.29) is 0 Å². The van der Waals surface area contributed by atoms with Crippen molar-refractivity contribution in [2.45, 2.75) is 6.54 Å². The van der Waals surface area contributed by atoms with Crippen molar-refractivity contribution in [3.05, 3.63) is 48.3 Å². The second-order valence-corrected chi connectivity index (χ2v) is 7.07. The smallest absolute Gasteiger partial charge is 0.264 e. The van der Waals surface area contributed by atoms with E-state index in [2.05, 4.69) is 39.9 Å². The summed E-state index contributed by atoms with van der Waals surface area (Å²) in [5.74, 6) is 0. The van der Waals surface area contributed by atoms with Gasteiger partial charge in [-0.25, -0.2) is 0 Å². The van der Waals surface area contributed by atoms with E-state index in [1.165, 1.54) is 35.8 Å². The molecule has 3 aromatic heterocycles. The van der Waals surface area contributed by atoms with Gasteiger partial charge in [-0.3, -0.25) is 4.98 Å². The molecule has 0 saturated heterocycles. The van der Waals surface area contributed by atoms with Crippen molar-refractivity contribution in [3.8, 4) is 10.6 Å². The van der Waals surface area contributed by atoms with Crippen LogP contribution >= 0.6 is 22.7 Å². The molecule has 19 heavy (non-hydrogen) atoms. The number of hydrogen-bond acceptors (Lipinski definition) is 3. The fourth-order valence-corrected chi connectivity index (χ4v) is 5.51. The largest absolute Gasteiger partial charge is 0.271 e. The van der Waals surface area contributed by atoms with E-state index in [9.17, 15) is 0 Å². The first-order valence-electron chi connectivity index (χ1n) is 6.19. The van der Waals surface area contributed by atoms with Gasteiger partial charge in [0.1, 0.15) is 0 Å². The maximum atomic E-state index is 4.29. The Hall–Kier alpha value is -1.78. The molecular formula is C15H9N2S2+. The van der Waals surface area contributed by atoms with E-state index in [0.29, 0.717) is 0 Å². The van der Waals surface area contributed by atoms with Gasteiger partial charge in [0.25, 0.3) is 5.01 Å². The first-order valence-corrected chi connectivity index (χ1v) is 7.82. The molecule has 5 rings (SSSR count). The van der Waals surface area contributed by atoms with Crippen LogP contribution in [0.15, 0.2) is 42.7 Å². The van der Waals surface area contributed by atoms with Crippen molar-refractivity contribution in [2.24, 2.45) is 0 Å². The predicted molar refractivity (Wildman–Crippen MR) is 79.7 cm³/mol. The highest BCUT2D eigenvalue weighted by atomic mass is 32.2. The van der Waals surface area contributed by atoms with E-state index < -0.39 is 0 Å². The van der Waals surface area contributed by atoms with E-state index in [4.69, 9.17) is 0 Å². The summed E-state index contributed by atoms with van der Waals surface area (Å²) < 4.78 is 5.19. The fourth-order valence-electron chi connectivity index (χ4n) is 2.86. The average molecular weight is 281 g/mol. The minimum Gasteiger partial charge on any atom is -0.264 e. The lowest BCUT2D eigenvalue weighted by molar-refractivity contribution is -0.641. The van der Waals surface area contributed by atoms with E-state index in [1.54, 1.807) is 0 Å². The van der Waals surface area contributed by atoms with Crippen LogP contribution in [0, 0.1) is 0 Å². The van der Waals surface area contributed by atoms with Crippen LogP contribution in [0.1, 0.15) is 5.56 Å². The van der Waals surface area contributed by atoms with Crippen LogP contribution in [0.5, 0.6) is 0 Å². The molecule has 2 nitrogen and oxygen atoms in total. The van der Waals surface area contributed by atoms with Gasteiger partial charge in [-0.15, -0.1) is 11.3 Å². The summed E-state index contributed by atoms with van der Waals surface area (Å²) in [4.78, 5) is 4.29. The van der Waals surface area contributed by atoms with E-state index in [1.807, 2.05) is 35.1 Å². The van der Waals surface area contributed by atoms with Crippen molar-refractivity contribution in [1.29, 1.82) is 0 Å². The number of fused-ring (bicyclic) bond motifs is 7. The van der Waals surface area contributed by atoms with Crippen LogP contribution in [-0.4, -0.2) is 4.98 Å². The Bertz CT molecular complexity index is 949. The van der Waals surface area contributed by atoms with Crippen LogP contribution < -0.4 is 4.57 Å². The quantitative estimate of drug-likeness (QED) is 0.394. The summed E-state index contributed by atoms with van der Waals surface area (Å²) in [7, 11) is 0. The van der Waals surface area contributed by atoms with Crippen LogP contribution in [0.2, 0.25) is 0 Å². The first kappa shape index (κ1) is 10.1. The number of pyridine rings is 1. The van der Waals surface area contributed by atoms with Crippen LogP contribution in [0.25, 0.3) is 30.2 Å². The van der Waals surface area contributed by atoms with Gasteiger partial charge >= 0.3 is 0 Å². The summed E-state index contributed by atoms with van der Waals surface area (Å²) in [6.07, 6.45) is 3.87. The van der Waals surface area contributed by atoms with Crippen LogP contribution in [0.4, 0.5) is 0 Å². The molecule has 0 spiro atoms. The molecule has 4 heteroatoms. The molecule has 0 aliphatic carbocycles. The van der Waals surface area contributed by atoms with Gasteiger partial charge in [0.2, 0.25) is 5.52 Å². The van der Waals surface area contributed by atoms with Gasteiger partial charge in [-0.2, -0.15) is 4.57 Å². The zero-order valence-electron chi connectivity index (χ0n) is 9.96. The van der Waals surface area contributed by atoms with Gasteiger partial charge in [0.15, 0.2) is 10.6 Å². The first-order chi connectivity index (χ1) is 9.42. The highest BCUT2D eigenvalue weighted by molar-refractivity contribution is 7.42. The third-order valence-electron chi connectivity index (χ3n) is 3.71. The van der Waals surface area contributed by atoms with E-state index >= 15 is 0 Å². The number of nitrogens with zero attached hydrogens (tertiary/aromatic N) is 2. The molecule has 0 saturated carbocycles. The van der Waals surface area contributed by atoms with Gasteiger partial charge < -0.3 is 0 Å². The normalized spacial score (nSPS) is 13.1. The topological polar surface area (TPSA) is 16.8 Å². The molecule has 0 fully saturated rings. The van der Waals surface area contributed by atoms with Gasteiger partial charge in [0, 0.05) is 22.7 Å². The molecular weight excluding hydrogens is 272 g/mol. The highest BCUT2D eigenvalue weighted by Gasteiger charge is 2.33. The average Bonchev–Trinajstić information content (AvgIpc) is 3.05. The molecule has 4 heterocycles. The molecule has 0 radical (unpaired) electrons. The van der Waals surface area contributed by atoms with Gasteiger partial charge in [-0.05, 0) is 12.1 Å². The summed E-state index contributed by atoms with van der Waals surface area (Å²) in [6, 6.07) is 10.8. The summed E-state index contributed by atoms with van der Waals surface area (Å²) in [6.45, 7) is 0.992. The zero-order chi connectivity index (χ0) is 12.4. The fraction of sp³-hybridized carbons (Fsp3) is 0.0667. The van der Waals surface area contributed by atoms with Crippen molar-refractivity contribution in [3.63, 3.8) is 0 Å². The summed E-state index contributed by atoms with van der Waals surface area (Å²) in [5, 5.41) is 2.68. The monoisotopic (exact) mass is 281 g/mol. The standard InChI is InChI=1S/C15H9N2S2/c1-2-4-10-9(3-1)8-17-13-11-7-16-6-5-12(11)18-15(13)19-14(10)17/h1-7H,8H2/q+1. The van der Waals surface area contributed by atoms with Gasteiger partial charge in [0.05, 0.1) is 10.9 Å². The highest BCUT2D eigenvalue weighted by Crippen LogP contribution is 2.41. The number of aromatic nitrogens is 2. The maximum Gasteiger partial charge on any atom is 0.271 e. The number of thiazole rings is 1. The third kappa shape index (κ3) is 1.20. The van der Waals surface area contributed by atoms with E-state index in [0.717, 1.165) is 6.54 Å². The molecule has 1 aliphatic rings. The molecule has 0 bridgehead atoms. The molecule has 0 unspecified atom stereocenters. The van der Waals surface area contributed by atoms with Gasteiger partial charge in [-0.1, -0.05) is 29.5 Å². The lowest BCUT2D eigenvalue weighted by Gasteiger charge is -1.89. The second kappa shape index (κ2) is 3.40. The Balaban J connectivity index is 1.94. The molecule has 0 amide bonds. The SMILES string of the molecule is c1ccc2c(c1)C[n+]1c-2sc2sc3ccncc3c21. The Morgan fingerprint density at radius 1 is 1.11 bits per heavy atom.